The third-order valence-electron chi connectivity index (χ3n) is 1.82. The highest BCUT2D eigenvalue weighted by Crippen LogP contribution is 2.10. The summed E-state index contributed by atoms with van der Waals surface area (Å²) in [5.74, 6) is 0. The van der Waals surface area contributed by atoms with Crippen molar-refractivity contribution in [2.45, 2.75) is 13.8 Å². The maximum atomic E-state index is 3.81. The Morgan fingerprint density at radius 1 is 1.55 bits per heavy atom. The van der Waals surface area contributed by atoms with E-state index in [1.165, 1.54) is 11.1 Å². The minimum Gasteiger partial charge on any atom is -0.309 e. The van der Waals surface area contributed by atoms with E-state index in [-0.39, 0.29) is 0 Å². The van der Waals surface area contributed by atoms with Crippen LogP contribution in [0.5, 0.6) is 0 Å². The lowest BCUT2D eigenvalue weighted by Gasteiger charge is -1.92. The Balaban J connectivity index is 2.61. The van der Waals surface area contributed by atoms with Crippen molar-refractivity contribution in [2.75, 3.05) is 13.1 Å². The first-order valence-corrected chi connectivity index (χ1v) is 3.93. The molecule has 1 heterocycles. The standard InChI is InChI=1S/C10H15N/c1-8(2)4-5-10-7-11-6-9(10)3/h4-5,11H,1,6-7H2,2-3H3/b5-4-. The lowest BCUT2D eigenvalue weighted by atomic mass is 10.1. The molecular formula is C10H15N. The molecule has 0 aromatic carbocycles. The second-order valence-corrected chi connectivity index (χ2v) is 3.09. The smallest absolute Gasteiger partial charge is 0.0208 e. The van der Waals surface area contributed by atoms with E-state index in [0.717, 1.165) is 18.7 Å². The van der Waals surface area contributed by atoms with E-state index >= 15 is 0 Å². The number of rotatable bonds is 2. The van der Waals surface area contributed by atoms with Gasteiger partial charge in [-0.25, -0.2) is 0 Å². The molecule has 0 unspecified atom stereocenters. The predicted molar refractivity (Wildman–Crippen MR) is 49.5 cm³/mol. The maximum absolute atomic E-state index is 3.81. The van der Waals surface area contributed by atoms with Crippen LogP contribution in [0.25, 0.3) is 0 Å². The van der Waals surface area contributed by atoms with Crippen LogP contribution >= 0.6 is 0 Å². The summed E-state index contributed by atoms with van der Waals surface area (Å²) in [6.45, 7) is 10.0. The van der Waals surface area contributed by atoms with Crippen LogP contribution in [0.15, 0.2) is 35.5 Å². The molecule has 1 aliphatic rings. The summed E-state index contributed by atoms with van der Waals surface area (Å²) in [5, 5.41) is 3.29. The van der Waals surface area contributed by atoms with Gasteiger partial charge in [-0.2, -0.15) is 0 Å². The quantitative estimate of drug-likeness (QED) is 0.592. The highest BCUT2D eigenvalue weighted by Gasteiger charge is 2.05. The van der Waals surface area contributed by atoms with E-state index in [4.69, 9.17) is 0 Å². The molecule has 0 fully saturated rings. The molecule has 1 N–H and O–H groups in total. The number of allylic oxidation sites excluding steroid dienone is 2. The fourth-order valence-corrected chi connectivity index (χ4v) is 1.09. The minimum atomic E-state index is 1.01. The summed E-state index contributed by atoms with van der Waals surface area (Å²) >= 11 is 0. The summed E-state index contributed by atoms with van der Waals surface area (Å²) in [6.07, 6.45) is 4.21. The predicted octanol–water partition coefficient (Wildman–Crippen LogP) is 2.04. The van der Waals surface area contributed by atoms with Crippen molar-refractivity contribution in [1.82, 2.24) is 5.32 Å². The molecule has 1 aliphatic heterocycles. The van der Waals surface area contributed by atoms with Gasteiger partial charge < -0.3 is 5.32 Å². The molecule has 0 amide bonds. The van der Waals surface area contributed by atoms with Crippen LogP contribution in [-0.2, 0) is 0 Å². The lowest BCUT2D eigenvalue weighted by Crippen LogP contribution is -2.08. The van der Waals surface area contributed by atoms with Crippen molar-refractivity contribution in [1.29, 1.82) is 0 Å². The number of hydrogen-bond donors (Lipinski definition) is 1. The van der Waals surface area contributed by atoms with Crippen LogP contribution in [-0.4, -0.2) is 13.1 Å². The maximum Gasteiger partial charge on any atom is 0.0208 e. The normalized spacial score (nSPS) is 18.4. The fraction of sp³-hybridized carbons (Fsp3) is 0.400. The Hall–Kier alpha value is -0.820. The van der Waals surface area contributed by atoms with Gasteiger partial charge in [0.2, 0.25) is 0 Å². The second-order valence-electron chi connectivity index (χ2n) is 3.09. The Bertz CT molecular complexity index is 221. The molecule has 0 radical (unpaired) electrons. The first-order chi connectivity index (χ1) is 5.20. The highest BCUT2D eigenvalue weighted by atomic mass is 14.9. The Morgan fingerprint density at radius 3 is 2.73 bits per heavy atom. The molecule has 11 heavy (non-hydrogen) atoms. The lowest BCUT2D eigenvalue weighted by molar-refractivity contribution is 0.868. The van der Waals surface area contributed by atoms with Crippen molar-refractivity contribution >= 4 is 0 Å². The van der Waals surface area contributed by atoms with Gasteiger partial charge in [-0.1, -0.05) is 29.9 Å². The number of nitrogens with one attached hydrogen (secondary N) is 1. The minimum absolute atomic E-state index is 1.01. The molecule has 0 atom stereocenters. The molecule has 0 bridgehead atoms. The van der Waals surface area contributed by atoms with Gasteiger partial charge in [0.05, 0.1) is 0 Å². The first-order valence-electron chi connectivity index (χ1n) is 3.93. The number of hydrogen-bond acceptors (Lipinski definition) is 1. The summed E-state index contributed by atoms with van der Waals surface area (Å²) in [7, 11) is 0. The van der Waals surface area contributed by atoms with Gasteiger partial charge in [-0.05, 0) is 19.4 Å². The van der Waals surface area contributed by atoms with Gasteiger partial charge >= 0.3 is 0 Å². The zero-order valence-corrected chi connectivity index (χ0v) is 7.28. The van der Waals surface area contributed by atoms with Gasteiger partial charge in [0.25, 0.3) is 0 Å². The molecule has 0 saturated heterocycles. The van der Waals surface area contributed by atoms with Gasteiger partial charge in [-0.3, -0.25) is 0 Å². The summed E-state index contributed by atoms with van der Waals surface area (Å²) < 4.78 is 0. The van der Waals surface area contributed by atoms with Crippen molar-refractivity contribution in [3.05, 3.63) is 35.5 Å². The second kappa shape index (κ2) is 3.54. The Kier molecular flexibility index (Phi) is 2.66. The van der Waals surface area contributed by atoms with Crippen LogP contribution in [0.1, 0.15) is 13.8 Å². The zero-order chi connectivity index (χ0) is 8.27. The van der Waals surface area contributed by atoms with E-state index in [2.05, 4.69) is 31.0 Å². The molecule has 0 saturated carbocycles. The molecule has 0 aromatic heterocycles. The third-order valence-corrected chi connectivity index (χ3v) is 1.82. The molecule has 60 valence electrons. The van der Waals surface area contributed by atoms with E-state index in [0.29, 0.717) is 0 Å². The van der Waals surface area contributed by atoms with Crippen molar-refractivity contribution in [3.8, 4) is 0 Å². The molecular weight excluding hydrogens is 134 g/mol. The first kappa shape index (κ1) is 8.28. The van der Waals surface area contributed by atoms with Crippen molar-refractivity contribution in [2.24, 2.45) is 0 Å². The average molecular weight is 149 g/mol. The fourth-order valence-electron chi connectivity index (χ4n) is 1.09. The topological polar surface area (TPSA) is 12.0 Å². The molecule has 0 aromatic rings. The Labute approximate surface area is 68.5 Å². The van der Waals surface area contributed by atoms with Gasteiger partial charge in [0.15, 0.2) is 0 Å². The Morgan fingerprint density at radius 2 is 2.27 bits per heavy atom. The van der Waals surface area contributed by atoms with E-state index in [9.17, 15) is 0 Å². The summed E-state index contributed by atoms with van der Waals surface area (Å²) in [4.78, 5) is 0. The van der Waals surface area contributed by atoms with Crippen LogP contribution in [0, 0.1) is 0 Å². The van der Waals surface area contributed by atoms with Gasteiger partial charge in [0, 0.05) is 13.1 Å². The zero-order valence-electron chi connectivity index (χ0n) is 7.28. The van der Waals surface area contributed by atoms with Crippen LogP contribution in [0.3, 0.4) is 0 Å². The monoisotopic (exact) mass is 149 g/mol. The van der Waals surface area contributed by atoms with Crippen LogP contribution in [0.2, 0.25) is 0 Å². The van der Waals surface area contributed by atoms with Gasteiger partial charge in [0.1, 0.15) is 0 Å². The van der Waals surface area contributed by atoms with Crippen LogP contribution < -0.4 is 5.32 Å². The molecule has 1 heteroatoms. The highest BCUT2D eigenvalue weighted by molar-refractivity contribution is 5.33. The average Bonchev–Trinajstić information content (AvgIpc) is 2.31. The van der Waals surface area contributed by atoms with E-state index < -0.39 is 0 Å². The van der Waals surface area contributed by atoms with Crippen LogP contribution in [0.4, 0.5) is 0 Å². The molecule has 1 rings (SSSR count). The summed E-state index contributed by atoms with van der Waals surface area (Å²) in [6, 6.07) is 0. The van der Waals surface area contributed by atoms with Crippen molar-refractivity contribution < 1.29 is 0 Å². The largest absolute Gasteiger partial charge is 0.309 e. The van der Waals surface area contributed by atoms with E-state index in [1.807, 2.05) is 6.92 Å². The molecule has 1 nitrogen and oxygen atoms in total. The third kappa shape index (κ3) is 2.35. The summed E-state index contributed by atoms with van der Waals surface area (Å²) in [5.41, 5.74) is 3.97. The van der Waals surface area contributed by atoms with Crippen molar-refractivity contribution in [3.63, 3.8) is 0 Å². The van der Waals surface area contributed by atoms with E-state index in [1.54, 1.807) is 0 Å². The molecule has 0 aliphatic carbocycles. The van der Waals surface area contributed by atoms with Gasteiger partial charge in [-0.15, -0.1) is 0 Å². The molecule has 0 spiro atoms. The SMILES string of the molecule is C=C(C)/C=C\C1=C(C)CNC1.